The Balaban J connectivity index is 0.989. The first-order valence-corrected chi connectivity index (χ1v) is 15.1. The normalized spacial score (nSPS) is 16.3. The van der Waals surface area contributed by atoms with Crippen LogP contribution in [-0.4, -0.2) is 49.3 Å². The number of carbonyl (C=O) groups is 1. The summed E-state index contributed by atoms with van der Waals surface area (Å²) in [6, 6.07) is 31.4. The summed E-state index contributed by atoms with van der Waals surface area (Å²) < 4.78 is 28.9. The van der Waals surface area contributed by atoms with Crippen LogP contribution in [0.4, 0.5) is 9.18 Å². The van der Waals surface area contributed by atoms with Crippen LogP contribution in [0.2, 0.25) is 0 Å². The van der Waals surface area contributed by atoms with Crippen LogP contribution in [0, 0.1) is 0 Å². The van der Waals surface area contributed by atoms with Gasteiger partial charge in [-0.1, -0.05) is 60.7 Å². The average molecular weight is 610 g/mol. The SMILES string of the molecule is O=C(OCc1ccc2ccccc2c1)N1C[C@H](Oc2cccc3ccc(-c4cnc5cc(-c6cccnc6)ccn45)nc23)C[C@@H]1F. The van der Waals surface area contributed by atoms with Gasteiger partial charge in [-0.3, -0.25) is 14.3 Å². The number of amides is 1. The highest BCUT2D eigenvalue weighted by Gasteiger charge is 2.38. The number of likely N-dealkylation sites (tertiary alicyclic amines) is 1. The van der Waals surface area contributed by atoms with E-state index >= 15 is 4.39 Å². The molecule has 4 aromatic heterocycles. The predicted molar refractivity (Wildman–Crippen MR) is 174 cm³/mol. The van der Waals surface area contributed by atoms with Gasteiger partial charge in [-0.15, -0.1) is 0 Å². The molecule has 8 nitrogen and oxygen atoms in total. The number of hydrogen-bond acceptors (Lipinski definition) is 6. The minimum Gasteiger partial charge on any atom is -0.486 e. The molecule has 9 heteroatoms. The highest BCUT2D eigenvalue weighted by atomic mass is 19.1. The fourth-order valence-electron chi connectivity index (χ4n) is 6.00. The molecule has 3 aromatic carbocycles. The highest BCUT2D eigenvalue weighted by Crippen LogP contribution is 2.32. The molecule has 0 bridgehead atoms. The van der Waals surface area contributed by atoms with E-state index in [4.69, 9.17) is 14.5 Å². The lowest BCUT2D eigenvalue weighted by Crippen LogP contribution is -2.34. The van der Waals surface area contributed by atoms with Gasteiger partial charge in [0.05, 0.1) is 24.1 Å². The van der Waals surface area contributed by atoms with E-state index in [-0.39, 0.29) is 19.6 Å². The molecule has 0 saturated carbocycles. The zero-order valence-electron chi connectivity index (χ0n) is 24.7. The molecule has 1 saturated heterocycles. The van der Waals surface area contributed by atoms with Crippen molar-refractivity contribution in [2.75, 3.05) is 6.54 Å². The maximum atomic E-state index is 15.1. The summed E-state index contributed by atoms with van der Waals surface area (Å²) in [4.78, 5) is 27.8. The van der Waals surface area contributed by atoms with E-state index in [1.165, 1.54) is 0 Å². The number of rotatable bonds is 6. The Bertz CT molecular complexity index is 2220. The Morgan fingerprint density at radius 3 is 2.63 bits per heavy atom. The van der Waals surface area contributed by atoms with E-state index < -0.39 is 18.5 Å². The third kappa shape index (κ3) is 5.26. The number of para-hydroxylation sites is 1. The Labute approximate surface area is 263 Å². The van der Waals surface area contributed by atoms with E-state index in [1.54, 1.807) is 12.4 Å². The number of pyridine rings is 3. The Morgan fingerprint density at radius 2 is 1.74 bits per heavy atom. The van der Waals surface area contributed by atoms with Crippen molar-refractivity contribution in [3.05, 3.63) is 127 Å². The molecule has 5 heterocycles. The molecule has 8 rings (SSSR count). The molecule has 0 unspecified atom stereocenters. The summed E-state index contributed by atoms with van der Waals surface area (Å²) in [6.45, 7) is 0.128. The smallest absolute Gasteiger partial charge is 0.412 e. The zero-order chi connectivity index (χ0) is 31.0. The number of alkyl halides is 1. The summed E-state index contributed by atoms with van der Waals surface area (Å²) in [5, 5.41) is 3.04. The van der Waals surface area contributed by atoms with Gasteiger partial charge in [-0.25, -0.2) is 19.2 Å². The number of hydrogen-bond donors (Lipinski definition) is 0. The average Bonchev–Trinajstić information content (AvgIpc) is 3.70. The fourth-order valence-corrected chi connectivity index (χ4v) is 6.00. The van der Waals surface area contributed by atoms with Gasteiger partial charge >= 0.3 is 6.09 Å². The molecule has 1 amide bonds. The van der Waals surface area contributed by atoms with Crippen LogP contribution in [0.25, 0.3) is 49.8 Å². The summed E-state index contributed by atoms with van der Waals surface area (Å²) >= 11 is 0. The summed E-state index contributed by atoms with van der Waals surface area (Å²) in [7, 11) is 0. The third-order valence-electron chi connectivity index (χ3n) is 8.35. The quantitative estimate of drug-likeness (QED) is 0.179. The number of carbonyl (C=O) groups excluding carboxylic acids is 1. The molecule has 0 radical (unpaired) electrons. The topological polar surface area (TPSA) is 81.8 Å². The molecule has 2 atom stereocenters. The minimum absolute atomic E-state index is 0.0354. The lowest BCUT2D eigenvalue weighted by Gasteiger charge is -2.19. The Kier molecular flexibility index (Phi) is 6.98. The van der Waals surface area contributed by atoms with Gasteiger partial charge in [0.1, 0.15) is 29.6 Å². The minimum atomic E-state index is -1.51. The molecule has 46 heavy (non-hydrogen) atoms. The standard InChI is InChI=1S/C37H28FN5O3/c38-34-19-30(22-43(34)37(44)45-23-24-10-11-25-5-1-2-6-27(25)17-24)46-33-9-3-7-26-12-13-31(41-36(26)33)32-21-40-35-18-28(14-16-42(32)35)29-8-4-15-39-20-29/h1-18,20-21,30,34H,19,22-23H2/t30-,34-/m1/s1. The van der Waals surface area contributed by atoms with Gasteiger partial charge in [-0.2, -0.15) is 0 Å². The maximum Gasteiger partial charge on any atom is 0.412 e. The first-order chi connectivity index (χ1) is 22.6. The Morgan fingerprint density at radius 1 is 0.870 bits per heavy atom. The van der Waals surface area contributed by atoms with Gasteiger partial charge < -0.3 is 9.47 Å². The summed E-state index contributed by atoms with van der Waals surface area (Å²) in [5.41, 5.74) is 5.86. The third-order valence-corrected chi connectivity index (χ3v) is 8.35. The van der Waals surface area contributed by atoms with Crippen molar-refractivity contribution in [1.82, 2.24) is 24.3 Å². The van der Waals surface area contributed by atoms with Crippen LogP contribution in [-0.2, 0) is 11.3 Å². The maximum absolute atomic E-state index is 15.1. The molecule has 1 aliphatic rings. The van der Waals surface area contributed by atoms with Gasteiger partial charge in [-0.05, 0) is 58.3 Å². The van der Waals surface area contributed by atoms with Crippen LogP contribution in [0.1, 0.15) is 12.0 Å². The number of fused-ring (bicyclic) bond motifs is 3. The number of ether oxygens (including phenoxy) is 2. The van der Waals surface area contributed by atoms with Crippen LogP contribution in [0.5, 0.6) is 5.75 Å². The van der Waals surface area contributed by atoms with Crippen molar-refractivity contribution in [3.8, 4) is 28.3 Å². The van der Waals surface area contributed by atoms with Crippen LogP contribution < -0.4 is 4.74 Å². The van der Waals surface area contributed by atoms with Crippen molar-refractivity contribution >= 4 is 33.4 Å². The molecular weight excluding hydrogens is 581 g/mol. The van der Waals surface area contributed by atoms with Gasteiger partial charge in [0.25, 0.3) is 0 Å². The molecule has 226 valence electrons. The Hall–Kier alpha value is -5.83. The number of imidazole rings is 1. The van der Waals surface area contributed by atoms with E-state index in [9.17, 15) is 4.79 Å². The number of nitrogens with zero attached hydrogens (tertiary/aromatic N) is 5. The molecular formula is C37H28FN5O3. The van der Waals surface area contributed by atoms with Crippen molar-refractivity contribution in [2.24, 2.45) is 0 Å². The molecule has 7 aromatic rings. The second-order valence-corrected chi connectivity index (χ2v) is 11.4. The van der Waals surface area contributed by atoms with Crippen molar-refractivity contribution in [2.45, 2.75) is 25.4 Å². The van der Waals surface area contributed by atoms with Crippen LogP contribution >= 0.6 is 0 Å². The molecule has 0 aliphatic carbocycles. The van der Waals surface area contributed by atoms with Crippen LogP contribution in [0.15, 0.2) is 122 Å². The fraction of sp³-hybridized carbons (Fsp3) is 0.135. The molecule has 0 spiro atoms. The van der Waals surface area contributed by atoms with E-state index in [0.29, 0.717) is 11.3 Å². The van der Waals surface area contributed by atoms with E-state index in [2.05, 4.69) is 9.97 Å². The van der Waals surface area contributed by atoms with Crippen molar-refractivity contribution in [1.29, 1.82) is 0 Å². The second-order valence-electron chi connectivity index (χ2n) is 11.4. The van der Waals surface area contributed by atoms with Gasteiger partial charge in [0.2, 0.25) is 0 Å². The number of aromatic nitrogens is 4. The molecule has 1 aliphatic heterocycles. The number of halogens is 1. The first-order valence-electron chi connectivity index (χ1n) is 15.1. The lowest BCUT2D eigenvalue weighted by molar-refractivity contribution is 0.0634. The van der Waals surface area contributed by atoms with Gasteiger partial charge in [0, 0.05) is 36.0 Å². The monoisotopic (exact) mass is 609 g/mol. The van der Waals surface area contributed by atoms with Gasteiger partial charge in [0.15, 0.2) is 6.30 Å². The van der Waals surface area contributed by atoms with Crippen molar-refractivity contribution in [3.63, 3.8) is 0 Å². The molecule has 1 fully saturated rings. The van der Waals surface area contributed by atoms with Crippen LogP contribution in [0.3, 0.4) is 0 Å². The second kappa shape index (κ2) is 11.6. The largest absolute Gasteiger partial charge is 0.486 e. The van der Waals surface area contributed by atoms with E-state index in [1.807, 2.05) is 114 Å². The lowest BCUT2D eigenvalue weighted by atomic mass is 10.1. The highest BCUT2D eigenvalue weighted by molar-refractivity contribution is 5.87. The number of benzene rings is 3. The predicted octanol–water partition coefficient (Wildman–Crippen LogP) is 7.85. The summed E-state index contributed by atoms with van der Waals surface area (Å²) in [5.74, 6) is 0.524. The first kappa shape index (κ1) is 27.7. The van der Waals surface area contributed by atoms with E-state index in [0.717, 1.165) is 54.8 Å². The molecule has 0 N–H and O–H groups in total. The summed E-state index contributed by atoms with van der Waals surface area (Å²) in [6.07, 6.45) is 4.61. The zero-order valence-corrected chi connectivity index (χ0v) is 24.7. The van der Waals surface area contributed by atoms with Crippen molar-refractivity contribution < 1.29 is 18.7 Å².